The summed E-state index contributed by atoms with van der Waals surface area (Å²) in [5.41, 5.74) is 3.23. The second kappa shape index (κ2) is 8.88. The predicted molar refractivity (Wildman–Crippen MR) is 124 cm³/mol. The molecule has 0 saturated carbocycles. The number of hydrogen-bond acceptors (Lipinski definition) is 8. The van der Waals surface area contributed by atoms with E-state index in [1.165, 1.54) is 22.2 Å². The highest BCUT2D eigenvalue weighted by Crippen LogP contribution is 2.37. The van der Waals surface area contributed by atoms with Crippen molar-refractivity contribution in [1.82, 2.24) is 9.97 Å². The number of ether oxygens (including phenoxy) is 3. The van der Waals surface area contributed by atoms with Crippen LogP contribution in [0.3, 0.4) is 0 Å². The number of aromatic amines is 1. The number of esters is 1. The third-order valence-electron chi connectivity index (χ3n) is 5.81. The third kappa shape index (κ3) is 4.04. The van der Waals surface area contributed by atoms with E-state index in [-0.39, 0.29) is 18.3 Å². The Hall–Kier alpha value is -2.36. The maximum absolute atomic E-state index is 12.9. The van der Waals surface area contributed by atoms with Gasteiger partial charge in [0.2, 0.25) is 0 Å². The molecule has 1 aliphatic carbocycles. The number of nitrogens with one attached hydrogen (secondary N) is 1. The van der Waals surface area contributed by atoms with Crippen molar-refractivity contribution in [1.29, 1.82) is 0 Å². The van der Waals surface area contributed by atoms with Crippen LogP contribution in [0.25, 0.3) is 10.2 Å². The SMILES string of the molecule is CCOC(=O)c1cc2c(c(CSc3nc4sc5c(c4c(=O)[nH]3)CCC(C)C5)c1)OCOC2. The molecule has 3 heterocycles. The largest absolute Gasteiger partial charge is 0.467 e. The van der Waals surface area contributed by atoms with Crippen LogP contribution in [0, 0.1) is 5.92 Å². The van der Waals surface area contributed by atoms with Gasteiger partial charge in [0.05, 0.1) is 24.2 Å². The molecule has 1 atom stereocenters. The molecule has 1 aromatic carbocycles. The first-order chi connectivity index (χ1) is 15.5. The van der Waals surface area contributed by atoms with E-state index in [1.54, 1.807) is 30.4 Å². The summed E-state index contributed by atoms with van der Waals surface area (Å²) in [5, 5.41) is 1.32. The summed E-state index contributed by atoms with van der Waals surface area (Å²) in [6.45, 7) is 4.89. The second-order valence-electron chi connectivity index (χ2n) is 8.15. The van der Waals surface area contributed by atoms with Gasteiger partial charge >= 0.3 is 5.97 Å². The molecule has 32 heavy (non-hydrogen) atoms. The van der Waals surface area contributed by atoms with Crippen LogP contribution in [0.4, 0.5) is 0 Å². The molecule has 0 fully saturated rings. The van der Waals surface area contributed by atoms with Gasteiger partial charge in [0, 0.05) is 21.8 Å². The first-order valence-electron chi connectivity index (χ1n) is 10.7. The van der Waals surface area contributed by atoms with Crippen molar-refractivity contribution >= 4 is 39.3 Å². The van der Waals surface area contributed by atoms with Crippen molar-refractivity contribution in [3.8, 4) is 5.75 Å². The van der Waals surface area contributed by atoms with Crippen LogP contribution < -0.4 is 10.3 Å². The summed E-state index contributed by atoms with van der Waals surface area (Å²) in [6.07, 6.45) is 3.07. The smallest absolute Gasteiger partial charge is 0.338 e. The van der Waals surface area contributed by atoms with E-state index in [0.29, 0.717) is 35.6 Å². The zero-order valence-corrected chi connectivity index (χ0v) is 19.6. The van der Waals surface area contributed by atoms with E-state index in [0.717, 1.165) is 46.4 Å². The van der Waals surface area contributed by atoms with E-state index in [4.69, 9.17) is 19.2 Å². The monoisotopic (exact) mass is 472 g/mol. The second-order valence-corrected chi connectivity index (χ2v) is 10.2. The lowest BCUT2D eigenvalue weighted by Gasteiger charge is -2.21. The molecule has 2 aliphatic rings. The molecule has 9 heteroatoms. The molecule has 0 saturated heterocycles. The van der Waals surface area contributed by atoms with Crippen LogP contribution in [-0.4, -0.2) is 29.3 Å². The number of H-pyrrole nitrogens is 1. The zero-order chi connectivity index (χ0) is 22.2. The van der Waals surface area contributed by atoms with Crippen LogP contribution >= 0.6 is 23.1 Å². The Bertz CT molecular complexity index is 1250. The first-order valence-corrected chi connectivity index (χ1v) is 12.5. The number of aryl methyl sites for hydroxylation is 1. The van der Waals surface area contributed by atoms with Crippen LogP contribution in [0.1, 0.15) is 52.2 Å². The fourth-order valence-electron chi connectivity index (χ4n) is 4.28. The van der Waals surface area contributed by atoms with E-state index in [2.05, 4.69) is 11.9 Å². The predicted octanol–water partition coefficient (Wildman–Crippen LogP) is 4.44. The Morgan fingerprint density at radius 3 is 3.12 bits per heavy atom. The van der Waals surface area contributed by atoms with E-state index in [1.807, 2.05) is 0 Å². The standard InChI is InChI=1S/C23H24N2O5S2/c1-3-29-22(27)13-7-14-9-28-11-30-19(14)15(8-13)10-31-23-24-20(26)18-16-5-4-12(2)6-17(16)32-21(18)25-23/h7-8,12H,3-6,9-11H2,1-2H3,(H,24,25,26). The number of hydrogen-bond donors (Lipinski definition) is 1. The Labute approximate surface area is 193 Å². The number of carbonyl (C=O) groups is 1. The Balaban J connectivity index is 1.45. The van der Waals surface area contributed by atoms with Gasteiger partial charge in [0.1, 0.15) is 10.6 Å². The molecule has 3 aromatic rings. The van der Waals surface area contributed by atoms with Gasteiger partial charge < -0.3 is 19.2 Å². The molecule has 1 unspecified atom stereocenters. The molecule has 7 nitrogen and oxygen atoms in total. The molecule has 168 valence electrons. The number of thioether (sulfide) groups is 1. The lowest BCUT2D eigenvalue weighted by atomic mass is 9.89. The van der Waals surface area contributed by atoms with Crippen molar-refractivity contribution in [2.75, 3.05) is 13.4 Å². The van der Waals surface area contributed by atoms with Crippen molar-refractivity contribution < 1.29 is 19.0 Å². The summed E-state index contributed by atoms with van der Waals surface area (Å²) in [7, 11) is 0. The molecule has 0 spiro atoms. The molecular formula is C23H24N2O5S2. The summed E-state index contributed by atoms with van der Waals surface area (Å²) in [4.78, 5) is 35.0. The number of aromatic nitrogens is 2. The molecular weight excluding hydrogens is 448 g/mol. The molecule has 0 radical (unpaired) electrons. The topological polar surface area (TPSA) is 90.5 Å². The third-order valence-corrected chi connectivity index (χ3v) is 7.88. The quantitative estimate of drug-likeness (QED) is 0.333. The highest BCUT2D eigenvalue weighted by molar-refractivity contribution is 7.98. The highest BCUT2D eigenvalue weighted by atomic mass is 32.2. The number of carbonyl (C=O) groups excluding carboxylic acids is 1. The Morgan fingerprint density at radius 2 is 2.28 bits per heavy atom. The van der Waals surface area contributed by atoms with Crippen LogP contribution in [0.2, 0.25) is 0 Å². The van der Waals surface area contributed by atoms with Crippen molar-refractivity contribution in [2.24, 2.45) is 5.92 Å². The number of nitrogens with zero attached hydrogens (tertiary/aromatic N) is 1. The van der Waals surface area contributed by atoms with E-state index >= 15 is 0 Å². The minimum atomic E-state index is -0.376. The summed E-state index contributed by atoms with van der Waals surface area (Å²) in [6, 6.07) is 3.54. The normalized spacial score (nSPS) is 17.5. The summed E-state index contributed by atoms with van der Waals surface area (Å²) in [5.74, 6) is 1.48. The van der Waals surface area contributed by atoms with Crippen LogP contribution in [-0.2, 0) is 34.7 Å². The van der Waals surface area contributed by atoms with Crippen LogP contribution in [0.15, 0.2) is 22.1 Å². The number of benzene rings is 1. The lowest BCUT2D eigenvalue weighted by molar-refractivity contribution is -0.0169. The van der Waals surface area contributed by atoms with E-state index in [9.17, 15) is 9.59 Å². The Morgan fingerprint density at radius 1 is 1.41 bits per heavy atom. The molecule has 0 amide bonds. The Kier molecular flexibility index (Phi) is 5.96. The maximum atomic E-state index is 12.9. The van der Waals surface area contributed by atoms with Gasteiger partial charge in [-0.3, -0.25) is 4.79 Å². The van der Waals surface area contributed by atoms with Gasteiger partial charge in [-0.15, -0.1) is 11.3 Å². The van der Waals surface area contributed by atoms with Gasteiger partial charge in [-0.2, -0.15) is 0 Å². The minimum absolute atomic E-state index is 0.0727. The molecule has 5 rings (SSSR count). The van der Waals surface area contributed by atoms with Crippen LogP contribution in [0.5, 0.6) is 5.75 Å². The fraction of sp³-hybridized carbons (Fsp3) is 0.435. The van der Waals surface area contributed by atoms with Gasteiger partial charge in [-0.25, -0.2) is 9.78 Å². The molecule has 1 N–H and O–H groups in total. The van der Waals surface area contributed by atoms with Gasteiger partial charge in [0.15, 0.2) is 11.9 Å². The van der Waals surface area contributed by atoms with Crippen molar-refractivity contribution in [3.05, 3.63) is 49.6 Å². The summed E-state index contributed by atoms with van der Waals surface area (Å²) < 4.78 is 16.3. The van der Waals surface area contributed by atoms with Gasteiger partial charge in [-0.1, -0.05) is 18.7 Å². The first kappa shape index (κ1) is 21.5. The number of fused-ring (bicyclic) bond motifs is 4. The van der Waals surface area contributed by atoms with Crippen molar-refractivity contribution in [2.45, 2.75) is 50.6 Å². The number of thiophene rings is 1. The zero-order valence-electron chi connectivity index (χ0n) is 18.0. The average Bonchev–Trinajstić information content (AvgIpc) is 3.15. The summed E-state index contributed by atoms with van der Waals surface area (Å²) >= 11 is 3.06. The maximum Gasteiger partial charge on any atom is 0.338 e. The van der Waals surface area contributed by atoms with Crippen molar-refractivity contribution in [3.63, 3.8) is 0 Å². The fourth-order valence-corrected chi connectivity index (χ4v) is 6.55. The van der Waals surface area contributed by atoms with E-state index < -0.39 is 0 Å². The molecule has 0 bridgehead atoms. The molecule has 2 aromatic heterocycles. The lowest BCUT2D eigenvalue weighted by Crippen LogP contribution is -2.15. The highest BCUT2D eigenvalue weighted by Gasteiger charge is 2.24. The van der Waals surface area contributed by atoms with Gasteiger partial charge in [-0.05, 0) is 49.8 Å². The van der Waals surface area contributed by atoms with Gasteiger partial charge in [0.25, 0.3) is 5.56 Å². The minimum Gasteiger partial charge on any atom is -0.467 e. The average molecular weight is 473 g/mol. The molecule has 1 aliphatic heterocycles. The number of rotatable bonds is 5.